The number of hydrogen-bond donors (Lipinski definition) is 2. The molecule has 0 fully saturated rings. The minimum Gasteiger partial charge on any atom is -0.352 e. The molecule has 0 aliphatic heterocycles. The fourth-order valence-corrected chi connectivity index (χ4v) is 0.287. The molecular formula is C6H14N2O2. The third-order valence-electron chi connectivity index (χ3n) is 0.676. The van der Waals surface area contributed by atoms with Gasteiger partial charge in [-0.2, -0.15) is 0 Å². The van der Waals surface area contributed by atoms with E-state index in [1.165, 1.54) is 0 Å². The lowest BCUT2D eigenvalue weighted by molar-refractivity contribution is -0.107. The predicted octanol–water partition coefficient (Wildman–Crippen LogP) is 0.399. The number of primary amides is 2. The normalized spacial score (nSPS) is 7.30. The quantitative estimate of drug-likeness (QED) is 0.446. The van der Waals surface area contributed by atoms with E-state index in [-0.39, 0.29) is 0 Å². The minimum atomic E-state index is -0.833. The van der Waals surface area contributed by atoms with Crippen molar-refractivity contribution in [3.8, 4) is 0 Å². The Morgan fingerprint density at radius 1 is 1.50 bits per heavy atom. The Hall–Kier alpha value is -1.06. The summed E-state index contributed by atoms with van der Waals surface area (Å²) < 4.78 is 0. The first-order valence-corrected chi connectivity index (χ1v) is 3.13. The maximum atomic E-state index is 9.56. The van der Waals surface area contributed by atoms with Gasteiger partial charge in [0.05, 0.1) is 0 Å². The number of carbonyl (C=O) groups is 2. The molecule has 0 aliphatic rings. The van der Waals surface area contributed by atoms with E-state index in [2.05, 4.69) is 18.4 Å². The average Bonchev–Trinajstić information content (AvgIpc) is 1.82. The molecule has 0 aromatic rings. The number of unbranched alkanes of at least 4 members (excludes halogenated alkanes) is 2. The van der Waals surface area contributed by atoms with Gasteiger partial charge in [-0.3, -0.25) is 0 Å². The topological polar surface area (TPSA) is 86.2 Å². The zero-order valence-corrected chi connectivity index (χ0v) is 6.17. The number of nitrogens with two attached hydrogens (primary N) is 2. The van der Waals surface area contributed by atoms with Crippen molar-refractivity contribution in [3.05, 3.63) is 0 Å². The van der Waals surface area contributed by atoms with E-state index in [1.807, 2.05) is 0 Å². The molecule has 0 aromatic carbocycles. The van der Waals surface area contributed by atoms with Crippen molar-refractivity contribution >= 4 is 12.3 Å². The number of urea groups is 1. The first kappa shape index (κ1) is 11.7. The standard InChI is InChI=1S/C5H10O.CH4N2O/c1-2-3-4-5-6;2-1(3)4/h5H,2-4H2,1H3;(H4,2,3,4). The lowest BCUT2D eigenvalue weighted by Crippen LogP contribution is -2.18. The number of hydrogen-bond acceptors (Lipinski definition) is 2. The monoisotopic (exact) mass is 146 g/mol. The molecule has 0 bridgehead atoms. The molecule has 2 amide bonds. The second kappa shape index (κ2) is 10.8. The molecule has 0 aliphatic carbocycles. The van der Waals surface area contributed by atoms with Gasteiger partial charge < -0.3 is 16.3 Å². The molecule has 0 atom stereocenters. The Kier molecular flexibility index (Phi) is 12.7. The fraction of sp³-hybridized carbons (Fsp3) is 0.667. The Morgan fingerprint density at radius 3 is 2.00 bits per heavy atom. The highest BCUT2D eigenvalue weighted by atomic mass is 16.2. The predicted molar refractivity (Wildman–Crippen MR) is 39.4 cm³/mol. The summed E-state index contributed by atoms with van der Waals surface area (Å²) in [6, 6.07) is -0.833. The van der Waals surface area contributed by atoms with Gasteiger partial charge in [-0.15, -0.1) is 0 Å². The summed E-state index contributed by atoms with van der Waals surface area (Å²) in [6.07, 6.45) is 3.86. The van der Waals surface area contributed by atoms with Crippen molar-refractivity contribution in [1.29, 1.82) is 0 Å². The Labute approximate surface area is 60.6 Å². The van der Waals surface area contributed by atoms with Crippen LogP contribution in [0.4, 0.5) is 4.79 Å². The van der Waals surface area contributed by atoms with Crippen LogP contribution in [-0.2, 0) is 4.79 Å². The highest BCUT2D eigenvalue weighted by Crippen LogP contribution is 1.87. The molecule has 0 spiro atoms. The molecular weight excluding hydrogens is 132 g/mol. The van der Waals surface area contributed by atoms with Crippen LogP contribution in [0.5, 0.6) is 0 Å². The van der Waals surface area contributed by atoms with E-state index in [9.17, 15) is 4.79 Å². The summed E-state index contributed by atoms with van der Waals surface area (Å²) >= 11 is 0. The van der Waals surface area contributed by atoms with Crippen LogP contribution in [0.25, 0.3) is 0 Å². The smallest absolute Gasteiger partial charge is 0.309 e. The van der Waals surface area contributed by atoms with Crippen molar-refractivity contribution in [2.24, 2.45) is 11.5 Å². The molecule has 10 heavy (non-hydrogen) atoms. The van der Waals surface area contributed by atoms with E-state index < -0.39 is 6.03 Å². The molecule has 4 heteroatoms. The summed E-state index contributed by atoms with van der Waals surface area (Å²) in [5, 5.41) is 0. The Morgan fingerprint density at radius 2 is 1.90 bits per heavy atom. The Balaban J connectivity index is 0. The van der Waals surface area contributed by atoms with Crippen LogP contribution in [0, 0.1) is 0 Å². The van der Waals surface area contributed by atoms with Gasteiger partial charge >= 0.3 is 6.03 Å². The minimum absolute atomic E-state index is 0.733. The van der Waals surface area contributed by atoms with E-state index in [1.54, 1.807) is 0 Å². The highest BCUT2D eigenvalue weighted by molar-refractivity contribution is 5.69. The van der Waals surface area contributed by atoms with Crippen molar-refractivity contribution in [2.45, 2.75) is 26.2 Å². The fourth-order valence-electron chi connectivity index (χ4n) is 0.287. The SMILES string of the molecule is CCCCC=O.NC(N)=O. The molecule has 4 nitrogen and oxygen atoms in total. The molecule has 60 valence electrons. The zero-order chi connectivity index (χ0) is 8.41. The zero-order valence-electron chi connectivity index (χ0n) is 6.17. The van der Waals surface area contributed by atoms with Crippen LogP contribution in [-0.4, -0.2) is 12.3 Å². The molecule has 0 saturated heterocycles. The molecule has 4 N–H and O–H groups in total. The van der Waals surface area contributed by atoms with Gasteiger partial charge in [0.15, 0.2) is 0 Å². The van der Waals surface area contributed by atoms with Gasteiger partial charge in [0, 0.05) is 6.42 Å². The van der Waals surface area contributed by atoms with E-state index in [4.69, 9.17) is 4.79 Å². The maximum absolute atomic E-state index is 9.56. The van der Waals surface area contributed by atoms with Gasteiger partial charge in [-0.1, -0.05) is 13.3 Å². The first-order valence-electron chi connectivity index (χ1n) is 3.13. The molecule has 0 aromatic heterocycles. The second-order valence-electron chi connectivity index (χ2n) is 1.71. The van der Waals surface area contributed by atoms with E-state index >= 15 is 0 Å². The van der Waals surface area contributed by atoms with Crippen molar-refractivity contribution in [3.63, 3.8) is 0 Å². The van der Waals surface area contributed by atoms with Crippen LogP contribution in [0.15, 0.2) is 0 Å². The van der Waals surface area contributed by atoms with Crippen LogP contribution >= 0.6 is 0 Å². The molecule has 0 heterocycles. The first-order chi connectivity index (χ1) is 4.65. The van der Waals surface area contributed by atoms with Crippen LogP contribution in [0.3, 0.4) is 0 Å². The molecule has 0 unspecified atom stereocenters. The number of amides is 2. The molecule has 0 rings (SSSR count). The van der Waals surface area contributed by atoms with Gasteiger partial charge in [0.25, 0.3) is 0 Å². The van der Waals surface area contributed by atoms with E-state index in [0.29, 0.717) is 0 Å². The molecule has 0 radical (unpaired) electrons. The highest BCUT2D eigenvalue weighted by Gasteiger charge is 1.74. The summed E-state index contributed by atoms with van der Waals surface area (Å²) in [5.74, 6) is 0. The summed E-state index contributed by atoms with van der Waals surface area (Å²) in [7, 11) is 0. The van der Waals surface area contributed by atoms with Crippen LogP contribution < -0.4 is 11.5 Å². The largest absolute Gasteiger partial charge is 0.352 e. The lowest BCUT2D eigenvalue weighted by Gasteiger charge is -1.79. The van der Waals surface area contributed by atoms with Crippen LogP contribution in [0.1, 0.15) is 26.2 Å². The van der Waals surface area contributed by atoms with Crippen molar-refractivity contribution in [2.75, 3.05) is 0 Å². The van der Waals surface area contributed by atoms with E-state index in [0.717, 1.165) is 25.5 Å². The average molecular weight is 146 g/mol. The number of carbonyl (C=O) groups excluding carboxylic acids is 2. The second-order valence-corrected chi connectivity index (χ2v) is 1.71. The van der Waals surface area contributed by atoms with Gasteiger partial charge in [0.1, 0.15) is 6.29 Å². The third-order valence-corrected chi connectivity index (χ3v) is 0.676. The number of aldehydes is 1. The lowest BCUT2D eigenvalue weighted by atomic mass is 10.3. The summed E-state index contributed by atoms with van der Waals surface area (Å²) in [4.78, 5) is 18.6. The van der Waals surface area contributed by atoms with Crippen molar-refractivity contribution in [1.82, 2.24) is 0 Å². The van der Waals surface area contributed by atoms with Gasteiger partial charge in [0.2, 0.25) is 0 Å². The maximum Gasteiger partial charge on any atom is 0.309 e. The summed E-state index contributed by atoms with van der Waals surface area (Å²) in [5.41, 5.74) is 8.50. The van der Waals surface area contributed by atoms with Gasteiger partial charge in [-0.25, -0.2) is 4.79 Å². The van der Waals surface area contributed by atoms with Crippen molar-refractivity contribution < 1.29 is 9.59 Å². The van der Waals surface area contributed by atoms with Gasteiger partial charge in [-0.05, 0) is 6.42 Å². The Bertz CT molecular complexity index is 89.7. The number of rotatable bonds is 3. The van der Waals surface area contributed by atoms with Crippen LogP contribution in [0.2, 0.25) is 0 Å². The molecule has 0 saturated carbocycles. The third kappa shape index (κ3) is 65.1. The summed E-state index contributed by atoms with van der Waals surface area (Å²) in [6.45, 7) is 2.07.